The fourth-order valence-electron chi connectivity index (χ4n) is 1.07. The molecule has 4 heteroatoms. The number of anilines is 1. The fraction of sp³-hybridized carbons (Fsp3) is 0.333. The van der Waals surface area contributed by atoms with E-state index in [9.17, 15) is 0 Å². The molecule has 0 unspecified atom stereocenters. The van der Waals surface area contributed by atoms with E-state index in [0.29, 0.717) is 5.69 Å². The Balaban J connectivity index is 2.49. The van der Waals surface area contributed by atoms with Crippen molar-refractivity contribution in [3.05, 3.63) is 11.8 Å². The molecular weight excluding hydrogens is 128 g/mol. The average molecular weight is 134 g/mol. The molecule has 0 saturated heterocycles. The maximum Gasteiger partial charge on any atom is 0.164 e. The Labute approximate surface area is 58.1 Å². The van der Waals surface area contributed by atoms with Crippen LogP contribution < -0.4 is 5.32 Å². The molecular formula is C6H6N4. The molecule has 4 nitrogen and oxygen atoms in total. The first-order valence-corrected chi connectivity index (χ1v) is 3.12. The number of aromatic nitrogens is 2. The number of nitrogens with zero attached hydrogens (tertiary/aromatic N) is 3. The lowest BCUT2D eigenvalue weighted by molar-refractivity contribution is 0.693. The molecule has 1 aromatic rings. The highest BCUT2D eigenvalue weighted by Crippen LogP contribution is 2.13. The Morgan fingerprint density at radius 3 is 3.40 bits per heavy atom. The number of hydrogen-bond acceptors (Lipinski definition) is 3. The standard InChI is InChI=1S/C6H6N4/c7-4-5-3-6-8-1-2-10(6)9-5/h3,8H,1-2H2. The summed E-state index contributed by atoms with van der Waals surface area (Å²) in [7, 11) is 0. The normalized spacial score (nSPS) is 13.9. The zero-order valence-electron chi connectivity index (χ0n) is 5.33. The van der Waals surface area contributed by atoms with Crippen LogP contribution in [0.1, 0.15) is 5.69 Å². The quantitative estimate of drug-likeness (QED) is 0.550. The molecule has 1 aromatic heterocycles. The Morgan fingerprint density at radius 1 is 1.80 bits per heavy atom. The third-order valence-corrected chi connectivity index (χ3v) is 1.52. The summed E-state index contributed by atoms with van der Waals surface area (Å²) in [6.07, 6.45) is 0. The van der Waals surface area contributed by atoms with Crippen molar-refractivity contribution in [1.82, 2.24) is 9.78 Å². The van der Waals surface area contributed by atoms with E-state index in [1.807, 2.05) is 6.07 Å². The molecule has 0 fully saturated rings. The summed E-state index contributed by atoms with van der Waals surface area (Å²) in [5.74, 6) is 0.955. The SMILES string of the molecule is N#Cc1cc2n(n1)CCN2. The molecule has 0 spiro atoms. The first-order valence-electron chi connectivity index (χ1n) is 3.12. The molecule has 1 N–H and O–H groups in total. The molecule has 0 aliphatic carbocycles. The summed E-state index contributed by atoms with van der Waals surface area (Å²) in [6, 6.07) is 3.74. The van der Waals surface area contributed by atoms with E-state index >= 15 is 0 Å². The van der Waals surface area contributed by atoms with Gasteiger partial charge in [0, 0.05) is 12.6 Å². The van der Waals surface area contributed by atoms with Crippen molar-refractivity contribution in [3.8, 4) is 6.07 Å². The van der Waals surface area contributed by atoms with Gasteiger partial charge in [0.05, 0.1) is 6.54 Å². The summed E-state index contributed by atoms with van der Waals surface area (Å²) >= 11 is 0. The molecule has 2 rings (SSSR count). The molecule has 0 saturated carbocycles. The van der Waals surface area contributed by atoms with Gasteiger partial charge < -0.3 is 5.32 Å². The van der Waals surface area contributed by atoms with Crippen molar-refractivity contribution >= 4 is 5.82 Å². The second-order valence-electron chi connectivity index (χ2n) is 2.18. The Morgan fingerprint density at radius 2 is 2.70 bits per heavy atom. The molecule has 50 valence electrons. The first-order chi connectivity index (χ1) is 4.90. The molecule has 10 heavy (non-hydrogen) atoms. The predicted molar refractivity (Wildman–Crippen MR) is 35.4 cm³/mol. The molecule has 1 aliphatic heterocycles. The summed E-state index contributed by atoms with van der Waals surface area (Å²) < 4.78 is 1.80. The lowest BCUT2D eigenvalue weighted by atomic mass is 10.5. The zero-order chi connectivity index (χ0) is 6.97. The monoisotopic (exact) mass is 134 g/mol. The summed E-state index contributed by atoms with van der Waals surface area (Å²) in [5, 5.41) is 15.5. The van der Waals surface area contributed by atoms with Crippen LogP contribution >= 0.6 is 0 Å². The number of nitriles is 1. The van der Waals surface area contributed by atoms with E-state index in [2.05, 4.69) is 10.4 Å². The van der Waals surface area contributed by atoms with Gasteiger partial charge in [0.25, 0.3) is 0 Å². The van der Waals surface area contributed by atoms with E-state index < -0.39 is 0 Å². The van der Waals surface area contributed by atoms with E-state index in [-0.39, 0.29) is 0 Å². The van der Waals surface area contributed by atoms with Gasteiger partial charge >= 0.3 is 0 Å². The Bertz CT molecular complexity index is 272. The van der Waals surface area contributed by atoms with Crippen LogP contribution in [0.15, 0.2) is 6.07 Å². The van der Waals surface area contributed by atoms with Crippen LogP contribution in [0.25, 0.3) is 0 Å². The minimum absolute atomic E-state index is 0.488. The van der Waals surface area contributed by atoms with Gasteiger partial charge in [-0.2, -0.15) is 10.4 Å². The summed E-state index contributed by atoms with van der Waals surface area (Å²) in [5.41, 5.74) is 0.488. The second kappa shape index (κ2) is 1.74. The molecule has 0 atom stereocenters. The van der Waals surface area contributed by atoms with Crippen LogP contribution in [0.4, 0.5) is 5.82 Å². The van der Waals surface area contributed by atoms with Gasteiger partial charge in [0.2, 0.25) is 0 Å². The van der Waals surface area contributed by atoms with Crippen molar-refractivity contribution in [2.24, 2.45) is 0 Å². The summed E-state index contributed by atoms with van der Waals surface area (Å²) in [6.45, 7) is 1.80. The zero-order valence-corrected chi connectivity index (χ0v) is 5.33. The molecule has 0 radical (unpaired) electrons. The van der Waals surface area contributed by atoms with Crippen molar-refractivity contribution < 1.29 is 0 Å². The van der Waals surface area contributed by atoms with Gasteiger partial charge in [0.15, 0.2) is 5.69 Å². The van der Waals surface area contributed by atoms with Crippen LogP contribution in [-0.2, 0) is 6.54 Å². The van der Waals surface area contributed by atoms with Crippen molar-refractivity contribution in [1.29, 1.82) is 5.26 Å². The molecule has 0 aromatic carbocycles. The smallest absolute Gasteiger partial charge is 0.164 e. The fourth-order valence-corrected chi connectivity index (χ4v) is 1.07. The van der Waals surface area contributed by atoms with Gasteiger partial charge in [-0.15, -0.1) is 0 Å². The highest BCUT2D eigenvalue weighted by molar-refractivity contribution is 5.43. The van der Waals surface area contributed by atoms with Crippen LogP contribution in [0, 0.1) is 11.3 Å². The maximum absolute atomic E-state index is 8.44. The van der Waals surface area contributed by atoms with E-state index in [0.717, 1.165) is 18.9 Å². The number of fused-ring (bicyclic) bond motifs is 1. The molecule has 0 bridgehead atoms. The van der Waals surface area contributed by atoms with Crippen LogP contribution in [0.2, 0.25) is 0 Å². The van der Waals surface area contributed by atoms with E-state index in [4.69, 9.17) is 5.26 Å². The van der Waals surface area contributed by atoms with Gasteiger partial charge in [0.1, 0.15) is 11.9 Å². The maximum atomic E-state index is 8.44. The number of hydrogen-bond donors (Lipinski definition) is 1. The van der Waals surface area contributed by atoms with Gasteiger partial charge in [-0.25, -0.2) is 4.68 Å². The van der Waals surface area contributed by atoms with Crippen molar-refractivity contribution in [2.45, 2.75) is 6.54 Å². The molecule has 1 aliphatic rings. The Kier molecular flexibility index (Phi) is 0.921. The highest BCUT2D eigenvalue weighted by Gasteiger charge is 2.11. The Hall–Kier alpha value is -1.50. The number of rotatable bonds is 0. The molecule has 0 amide bonds. The lowest BCUT2D eigenvalue weighted by Gasteiger charge is -1.86. The largest absolute Gasteiger partial charge is 0.368 e. The first kappa shape index (κ1) is 5.30. The second-order valence-corrected chi connectivity index (χ2v) is 2.18. The average Bonchev–Trinajstić information content (AvgIpc) is 2.42. The van der Waals surface area contributed by atoms with Crippen LogP contribution in [-0.4, -0.2) is 16.3 Å². The van der Waals surface area contributed by atoms with Crippen molar-refractivity contribution in [2.75, 3.05) is 11.9 Å². The minimum atomic E-state index is 0.488. The minimum Gasteiger partial charge on any atom is -0.368 e. The lowest BCUT2D eigenvalue weighted by Crippen LogP contribution is -1.96. The van der Waals surface area contributed by atoms with Crippen LogP contribution in [0.3, 0.4) is 0 Å². The van der Waals surface area contributed by atoms with Crippen molar-refractivity contribution in [3.63, 3.8) is 0 Å². The van der Waals surface area contributed by atoms with Gasteiger partial charge in [-0.1, -0.05) is 0 Å². The van der Waals surface area contributed by atoms with Gasteiger partial charge in [-0.3, -0.25) is 0 Å². The van der Waals surface area contributed by atoms with E-state index in [1.165, 1.54) is 0 Å². The highest BCUT2D eigenvalue weighted by atomic mass is 15.4. The predicted octanol–water partition coefficient (Wildman–Crippen LogP) is 0.180. The third kappa shape index (κ3) is 0.575. The molecule has 2 heterocycles. The van der Waals surface area contributed by atoms with Crippen LogP contribution in [0.5, 0.6) is 0 Å². The van der Waals surface area contributed by atoms with Gasteiger partial charge in [-0.05, 0) is 0 Å². The third-order valence-electron chi connectivity index (χ3n) is 1.52. The number of nitrogens with one attached hydrogen (secondary N) is 1. The topological polar surface area (TPSA) is 53.6 Å². The summed E-state index contributed by atoms with van der Waals surface area (Å²) in [4.78, 5) is 0. The van der Waals surface area contributed by atoms with E-state index in [1.54, 1.807) is 10.7 Å².